The lowest BCUT2D eigenvalue weighted by Crippen LogP contribution is -2.13. The molecule has 0 aliphatic carbocycles. The van der Waals surface area contributed by atoms with Crippen molar-refractivity contribution in [1.82, 2.24) is 0 Å². The van der Waals surface area contributed by atoms with E-state index in [0.29, 0.717) is 21.2 Å². The number of carbonyl (C=O) groups is 2. The minimum atomic E-state index is -0.552. The van der Waals surface area contributed by atoms with E-state index in [4.69, 9.17) is 17.3 Å². The highest BCUT2D eigenvalue weighted by Crippen LogP contribution is 2.27. The number of carbonyl (C=O) groups excluding carboxylic acids is 2. The van der Waals surface area contributed by atoms with E-state index in [1.807, 2.05) is 6.07 Å². The first-order chi connectivity index (χ1) is 10.5. The third kappa shape index (κ3) is 3.99. The first-order valence-electron chi connectivity index (χ1n) is 6.74. The highest BCUT2D eigenvalue weighted by Gasteiger charge is 2.13. The monoisotopic (exact) mass is 337 g/mol. The molecule has 0 unspecified atom stereocenters. The summed E-state index contributed by atoms with van der Waals surface area (Å²) in [6.07, 6.45) is 0.961. The zero-order valence-corrected chi connectivity index (χ0v) is 13.6. The van der Waals surface area contributed by atoms with Crippen LogP contribution in [0.1, 0.15) is 33.4 Å². The van der Waals surface area contributed by atoms with Crippen LogP contribution in [0.4, 0.5) is 11.4 Å². The highest BCUT2D eigenvalue weighted by molar-refractivity contribution is 7.12. The minimum absolute atomic E-state index is 0.306. The number of thiophene rings is 1. The van der Waals surface area contributed by atoms with E-state index in [2.05, 4.69) is 17.6 Å². The van der Waals surface area contributed by atoms with Gasteiger partial charge in [0.1, 0.15) is 0 Å². The molecule has 0 spiro atoms. The summed E-state index contributed by atoms with van der Waals surface area (Å²) in [5.41, 5.74) is 6.91. The number of amides is 2. The summed E-state index contributed by atoms with van der Waals surface area (Å²) in [6.45, 7) is 2.84. The summed E-state index contributed by atoms with van der Waals surface area (Å²) < 4.78 is 0. The van der Waals surface area contributed by atoms with Crippen LogP contribution in [0.15, 0.2) is 29.6 Å². The molecule has 0 atom stereocenters. The largest absolute Gasteiger partial charge is 0.383 e. The van der Waals surface area contributed by atoms with Gasteiger partial charge in [0.25, 0.3) is 5.91 Å². The fourth-order valence-corrected chi connectivity index (χ4v) is 2.77. The first kappa shape index (κ1) is 16.3. The van der Waals surface area contributed by atoms with Gasteiger partial charge in [-0.05, 0) is 30.7 Å². The molecule has 7 heteroatoms. The van der Waals surface area contributed by atoms with Crippen LogP contribution in [0.25, 0.3) is 0 Å². The first-order valence-corrected chi connectivity index (χ1v) is 8.00. The molecule has 1 heterocycles. The third-order valence-corrected chi connectivity index (χ3v) is 4.07. The Labute approximate surface area is 137 Å². The third-order valence-electron chi connectivity index (χ3n) is 2.90. The molecule has 2 amide bonds. The Morgan fingerprint density at radius 1 is 1.27 bits per heavy atom. The van der Waals surface area contributed by atoms with E-state index >= 15 is 0 Å². The molecule has 2 aromatic rings. The molecular weight excluding hydrogens is 322 g/mol. The van der Waals surface area contributed by atoms with Crippen molar-refractivity contribution in [3.63, 3.8) is 0 Å². The Hall–Kier alpha value is -2.05. The van der Waals surface area contributed by atoms with Crippen molar-refractivity contribution in [3.8, 4) is 0 Å². The maximum atomic E-state index is 12.3. The molecule has 0 saturated carbocycles. The van der Waals surface area contributed by atoms with Crippen molar-refractivity contribution in [3.05, 3.63) is 45.1 Å². The lowest BCUT2D eigenvalue weighted by molar-refractivity contribution is 0.100. The summed E-state index contributed by atoms with van der Waals surface area (Å²) in [5, 5.41) is 8.12. The van der Waals surface area contributed by atoms with Gasteiger partial charge in [-0.3, -0.25) is 9.59 Å². The van der Waals surface area contributed by atoms with E-state index < -0.39 is 5.91 Å². The van der Waals surface area contributed by atoms with Gasteiger partial charge < -0.3 is 16.4 Å². The molecule has 116 valence electrons. The Kier molecular flexibility index (Phi) is 5.41. The zero-order chi connectivity index (χ0) is 16.1. The van der Waals surface area contributed by atoms with Crippen LogP contribution in [0.2, 0.25) is 5.02 Å². The molecule has 0 saturated heterocycles. The molecule has 0 aliphatic rings. The average molecular weight is 338 g/mol. The Bertz CT molecular complexity index is 700. The second-order valence-corrected chi connectivity index (χ2v) is 5.98. The van der Waals surface area contributed by atoms with Gasteiger partial charge in [0.15, 0.2) is 0 Å². The van der Waals surface area contributed by atoms with Crippen LogP contribution in [0, 0.1) is 0 Å². The fourth-order valence-electron chi connectivity index (χ4n) is 1.80. The fraction of sp³-hybridized carbons (Fsp3) is 0.200. The van der Waals surface area contributed by atoms with Crippen LogP contribution in [-0.4, -0.2) is 18.4 Å². The molecule has 0 fully saturated rings. The molecular formula is C15H16ClN3O2S. The highest BCUT2D eigenvalue weighted by atomic mass is 35.5. The summed E-state index contributed by atoms with van der Waals surface area (Å²) in [5.74, 6) is -0.859. The maximum Gasteiger partial charge on any atom is 0.265 e. The van der Waals surface area contributed by atoms with E-state index in [-0.39, 0.29) is 5.91 Å². The van der Waals surface area contributed by atoms with Crippen LogP contribution in [0.5, 0.6) is 0 Å². The maximum absolute atomic E-state index is 12.3. The number of hydrogen-bond donors (Lipinski definition) is 3. The van der Waals surface area contributed by atoms with Crippen LogP contribution in [0.3, 0.4) is 0 Å². The molecule has 1 aromatic heterocycles. The summed E-state index contributed by atoms with van der Waals surface area (Å²) in [7, 11) is 0. The SMILES string of the molecule is CCCNc1ccc(Cl)cc1NC(=O)c1cc(C(N)=O)cs1. The van der Waals surface area contributed by atoms with Crippen LogP contribution >= 0.6 is 22.9 Å². The topological polar surface area (TPSA) is 84.2 Å². The van der Waals surface area contributed by atoms with Gasteiger partial charge >= 0.3 is 0 Å². The van der Waals surface area contributed by atoms with Crippen molar-refractivity contribution in [1.29, 1.82) is 0 Å². The van der Waals surface area contributed by atoms with Crippen molar-refractivity contribution in [2.75, 3.05) is 17.2 Å². The Balaban J connectivity index is 2.19. The molecule has 22 heavy (non-hydrogen) atoms. The van der Waals surface area contributed by atoms with Gasteiger partial charge in [-0.1, -0.05) is 18.5 Å². The summed E-state index contributed by atoms with van der Waals surface area (Å²) >= 11 is 7.16. The van der Waals surface area contributed by atoms with Gasteiger partial charge in [0.05, 0.1) is 21.8 Å². The van der Waals surface area contributed by atoms with Crippen LogP contribution < -0.4 is 16.4 Å². The Morgan fingerprint density at radius 3 is 2.68 bits per heavy atom. The lowest BCUT2D eigenvalue weighted by atomic mass is 10.2. The second kappa shape index (κ2) is 7.29. The van der Waals surface area contributed by atoms with Gasteiger partial charge in [0, 0.05) is 16.9 Å². The molecule has 4 N–H and O–H groups in total. The number of benzene rings is 1. The molecule has 0 bridgehead atoms. The van der Waals surface area contributed by atoms with Crippen molar-refractivity contribution < 1.29 is 9.59 Å². The smallest absolute Gasteiger partial charge is 0.265 e. The van der Waals surface area contributed by atoms with Gasteiger partial charge in [0.2, 0.25) is 5.91 Å². The number of primary amides is 1. The predicted octanol–water partition coefficient (Wildman–Crippen LogP) is 3.57. The number of hydrogen-bond acceptors (Lipinski definition) is 4. The summed E-state index contributed by atoms with van der Waals surface area (Å²) in [6, 6.07) is 6.73. The molecule has 2 rings (SSSR count). The van der Waals surface area contributed by atoms with Crippen LogP contribution in [-0.2, 0) is 0 Å². The minimum Gasteiger partial charge on any atom is -0.383 e. The molecule has 1 aromatic carbocycles. The van der Waals surface area contributed by atoms with Gasteiger partial charge in [-0.2, -0.15) is 0 Å². The van der Waals surface area contributed by atoms with Crippen molar-refractivity contribution in [2.24, 2.45) is 5.73 Å². The normalized spacial score (nSPS) is 10.3. The Morgan fingerprint density at radius 2 is 2.05 bits per heavy atom. The average Bonchev–Trinajstić information content (AvgIpc) is 2.96. The molecule has 5 nitrogen and oxygen atoms in total. The zero-order valence-electron chi connectivity index (χ0n) is 12.0. The van der Waals surface area contributed by atoms with E-state index in [1.54, 1.807) is 17.5 Å². The number of anilines is 2. The van der Waals surface area contributed by atoms with Gasteiger partial charge in [-0.25, -0.2) is 0 Å². The number of nitrogens with two attached hydrogens (primary N) is 1. The van der Waals surface area contributed by atoms with Crippen molar-refractivity contribution in [2.45, 2.75) is 13.3 Å². The molecule has 0 aliphatic heterocycles. The summed E-state index contributed by atoms with van der Waals surface area (Å²) in [4.78, 5) is 23.8. The predicted molar refractivity (Wildman–Crippen MR) is 91.0 cm³/mol. The van der Waals surface area contributed by atoms with E-state index in [1.165, 1.54) is 17.4 Å². The van der Waals surface area contributed by atoms with Crippen molar-refractivity contribution >= 4 is 46.1 Å². The molecule has 0 radical (unpaired) electrons. The standard InChI is InChI=1S/C15H16ClN3O2S/c1-2-5-18-11-4-3-10(16)7-12(11)19-15(21)13-6-9(8-22-13)14(17)20/h3-4,6-8,18H,2,5H2,1H3,(H2,17,20)(H,19,21). The van der Waals surface area contributed by atoms with Gasteiger partial charge in [-0.15, -0.1) is 11.3 Å². The van der Waals surface area contributed by atoms with E-state index in [0.717, 1.165) is 18.7 Å². The quantitative estimate of drug-likeness (QED) is 0.753. The van der Waals surface area contributed by atoms with E-state index in [9.17, 15) is 9.59 Å². The number of halogens is 1. The lowest BCUT2D eigenvalue weighted by Gasteiger charge is -2.12. The number of nitrogens with one attached hydrogen (secondary N) is 2. The second-order valence-electron chi connectivity index (χ2n) is 4.63. The number of rotatable bonds is 6.